The van der Waals surface area contributed by atoms with Crippen LogP contribution in [0.25, 0.3) is 0 Å². The topological polar surface area (TPSA) is 49.4 Å². The summed E-state index contributed by atoms with van der Waals surface area (Å²) in [6, 6.07) is 13.2. The molecule has 0 bridgehead atoms. The molecule has 4 nitrogen and oxygen atoms in total. The maximum absolute atomic E-state index is 13.5. The van der Waals surface area contributed by atoms with Crippen LogP contribution in [-0.2, 0) is 6.42 Å². The van der Waals surface area contributed by atoms with Gasteiger partial charge in [0.2, 0.25) is 0 Å². The van der Waals surface area contributed by atoms with E-state index < -0.39 is 0 Å². The SMILES string of the molecule is O=C(NCCc1ccccc1F)c1ccc(C(=O)N2CCCC2)cc1. The minimum absolute atomic E-state index is 0.0176. The molecule has 2 amide bonds. The molecule has 25 heavy (non-hydrogen) atoms. The van der Waals surface area contributed by atoms with E-state index in [1.54, 1.807) is 42.5 Å². The highest BCUT2D eigenvalue weighted by Gasteiger charge is 2.19. The zero-order valence-electron chi connectivity index (χ0n) is 14.0. The second-order valence-corrected chi connectivity index (χ2v) is 6.17. The van der Waals surface area contributed by atoms with E-state index >= 15 is 0 Å². The fraction of sp³-hybridized carbons (Fsp3) is 0.300. The Balaban J connectivity index is 1.54. The van der Waals surface area contributed by atoms with Crippen molar-refractivity contribution in [1.29, 1.82) is 0 Å². The summed E-state index contributed by atoms with van der Waals surface area (Å²) in [6.45, 7) is 1.96. The first kappa shape index (κ1) is 17.1. The van der Waals surface area contributed by atoms with Crippen molar-refractivity contribution < 1.29 is 14.0 Å². The number of carbonyl (C=O) groups is 2. The third-order valence-corrected chi connectivity index (χ3v) is 4.43. The minimum atomic E-state index is -0.262. The Bertz CT molecular complexity index is 753. The quantitative estimate of drug-likeness (QED) is 0.909. The van der Waals surface area contributed by atoms with Crippen LogP contribution in [0.1, 0.15) is 39.1 Å². The van der Waals surface area contributed by atoms with Gasteiger partial charge in [0.25, 0.3) is 11.8 Å². The number of halogens is 1. The van der Waals surface area contributed by atoms with Gasteiger partial charge in [-0.3, -0.25) is 9.59 Å². The molecule has 0 aromatic heterocycles. The summed E-state index contributed by atoms with van der Waals surface area (Å²) in [5.41, 5.74) is 1.67. The van der Waals surface area contributed by atoms with Crippen molar-refractivity contribution in [1.82, 2.24) is 10.2 Å². The molecule has 1 N–H and O–H groups in total. The van der Waals surface area contributed by atoms with Crippen LogP contribution in [0.4, 0.5) is 4.39 Å². The fourth-order valence-corrected chi connectivity index (χ4v) is 2.98. The van der Waals surface area contributed by atoms with Gasteiger partial charge in [-0.15, -0.1) is 0 Å². The lowest BCUT2D eigenvalue weighted by Crippen LogP contribution is -2.28. The molecule has 0 unspecified atom stereocenters. The molecule has 0 saturated carbocycles. The van der Waals surface area contributed by atoms with E-state index in [0.29, 0.717) is 29.7 Å². The first-order chi connectivity index (χ1) is 12.1. The third-order valence-electron chi connectivity index (χ3n) is 4.43. The molecule has 0 atom stereocenters. The lowest BCUT2D eigenvalue weighted by molar-refractivity contribution is 0.0792. The van der Waals surface area contributed by atoms with E-state index in [1.807, 2.05) is 4.90 Å². The Labute approximate surface area is 146 Å². The van der Waals surface area contributed by atoms with Crippen molar-refractivity contribution in [2.24, 2.45) is 0 Å². The average Bonchev–Trinajstić information content (AvgIpc) is 3.17. The lowest BCUT2D eigenvalue weighted by Gasteiger charge is -2.15. The summed E-state index contributed by atoms with van der Waals surface area (Å²) in [4.78, 5) is 26.3. The predicted molar refractivity (Wildman–Crippen MR) is 94.0 cm³/mol. The number of rotatable bonds is 5. The smallest absolute Gasteiger partial charge is 0.253 e. The van der Waals surface area contributed by atoms with E-state index in [2.05, 4.69) is 5.32 Å². The normalized spacial score (nSPS) is 13.7. The summed E-state index contributed by atoms with van der Waals surface area (Å²) in [6.07, 6.45) is 2.53. The maximum Gasteiger partial charge on any atom is 0.253 e. The number of hydrogen-bond acceptors (Lipinski definition) is 2. The van der Waals surface area contributed by atoms with Crippen LogP contribution in [0.2, 0.25) is 0 Å². The van der Waals surface area contributed by atoms with Crippen LogP contribution < -0.4 is 5.32 Å². The number of nitrogens with zero attached hydrogens (tertiary/aromatic N) is 1. The van der Waals surface area contributed by atoms with Gasteiger partial charge in [-0.2, -0.15) is 0 Å². The number of likely N-dealkylation sites (tertiary alicyclic amines) is 1. The van der Waals surface area contributed by atoms with Gasteiger partial charge in [0, 0.05) is 30.8 Å². The first-order valence-electron chi connectivity index (χ1n) is 8.56. The highest BCUT2D eigenvalue weighted by Crippen LogP contribution is 2.13. The Kier molecular flexibility index (Phi) is 5.43. The fourth-order valence-electron chi connectivity index (χ4n) is 2.98. The standard InChI is InChI=1S/C20H21FN2O2/c21-18-6-2-1-5-15(18)11-12-22-19(24)16-7-9-17(10-8-16)20(25)23-13-3-4-14-23/h1-2,5-10H,3-4,11-14H2,(H,22,24). The van der Waals surface area contributed by atoms with Crippen LogP contribution in [0.15, 0.2) is 48.5 Å². The zero-order valence-corrected chi connectivity index (χ0v) is 14.0. The largest absolute Gasteiger partial charge is 0.352 e. The summed E-state index contributed by atoms with van der Waals surface area (Å²) in [7, 11) is 0. The van der Waals surface area contributed by atoms with Crippen LogP contribution in [0.5, 0.6) is 0 Å². The maximum atomic E-state index is 13.5. The monoisotopic (exact) mass is 340 g/mol. The van der Waals surface area contributed by atoms with E-state index in [4.69, 9.17) is 0 Å². The van der Waals surface area contributed by atoms with Gasteiger partial charge in [0.15, 0.2) is 0 Å². The number of nitrogens with one attached hydrogen (secondary N) is 1. The van der Waals surface area contributed by atoms with Gasteiger partial charge in [-0.05, 0) is 55.2 Å². The second kappa shape index (κ2) is 7.92. The Morgan fingerprint density at radius 1 is 0.960 bits per heavy atom. The summed E-state index contributed by atoms with van der Waals surface area (Å²) in [5.74, 6) is -0.470. The van der Waals surface area contributed by atoms with Gasteiger partial charge in [-0.1, -0.05) is 18.2 Å². The number of carbonyl (C=O) groups excluding carboxylic acids is 2. The third kappa shape index (κ3) is 4.24. The van der Waals surface area contributed by atoms with Crippen molar-refractivity contribution in [3.8, 4) is 0 Å². The molecule has 0 aliphatic carbocycles. The summed E-state index contributed by atoms with van der Waals surface area (Å²) < 4.78 is 13.5. The van der Waals surface area contributed by atoms with Crippen LogP contribution >= 0.6 is 0 Å². The molecular weight excluding hydrogens is 319 g/mol. The lowest BCUT2D eigenvalue weighted by atomic mass is 10.1. The first-order valence-corrected chi connectivity index (χ1v) is 8.56. The summed E-state index contributed by atoms with van der Waals surface area (Å²) >= 11 is 0. The molecule has 1 aliphatic rings. The highest BCUT2D eigenvalue weighted by atomic mass is 19.1. The summed E-state index contributed by atoms with van der Waals surface area (Å²) in [5, 5.41) is 2.78. The van der Waals surface area contributed by atoms with Gasteiger partial charge >= 0.3 is 0 Å². The zero-order chi connectivity index (χ0) is 17.6. The Morgan fingerprint density at radius 3 is 2.28 bits per heavy atom. The molecule has 1 fully saturated rings. The van der Waals surface area contributed by atoms with Gasteiger partial charge in [0.05, 0.1) is 0 Å². The molecule has 1 aliphatic heterocycles. The van der Waals surface area contributed by atoms with Crippen LogP contribution in [0.3, 0.4) is 0 Å². The van der Waals surface area contributed by atoms with Crippen molar-refractivity contribution in [3.05, 3.63) is 71.0 Å². The molecule has 2 aromatic rings. The average molecular weight is 340 g/mol. The Hall–Kier alpha value is -2.69. The van der Waals surface area contributed by atoms with E-state index in [-0.39, 0.29) is 17.6 Å². The van der Waals surface area contributed by atoms with E-state index in [9.17, 15) is 14.0 Å². The number of benzene rings is 2. The van der Waals surface area contributed by atoms with Gasteiger partial charge in [-0.25, -0.2) is 4.39 Å². The van der Waals surface area contributed by atoms with Crippen LogP contribution in [-0.4, -0.2) is 36.3 Å². The molecule has 5 heteroatoms. The molecule has 1 heterocycles. The number of amides is 2. The highest BCUT2D eigenvalue weighted by molar-refractivity contribution is 5.97. The van der Waals surface area contributed by atoms with Crippen molar-refractivity contribution in [2.75, 3.05) is 19.6 Å². The number of hydrogen-bond donors (Lipinski definition) is 1. The van der Waals surface area contributed by atoms with Gasteiger partial charge < -0.3 is 10.2 Å². The molecule has 2 aromatic carbocycles. The molecular formula is C20H21FN2O2. The van der Waals surface area contributed by atoms with Crippen molar-refractivity contribution >= 4 is 11.8 Å². The van der Waals surface area contributed by atoms with E-state index in [0.717, 1.165) is 25.9 Å². The predicted octanol–water partition coefficient (Wildman–Crippen LogP) is 3.03. The Morgan fingerprint density at radius 2 is 1.60 bits per heavy atom. The molecule has 3 rings (SSSR count). The second-order valence-electron chi connectivity index (χ2n) is 6.17. The molecule has 0 radical (unpaired) electrons. The van der Waals surface area contributed by atoms with E-state index in [1.165, 1.54) is 6.07 Å². The molecule has 130 valence electrons. The minimum Gasteiger partial charge on any atom is -0.352 e. The van der Waals surface area contributed by atoms with Gasteiger partial charge in [0.1, 0.15) is 5.82 Å². The van der Waals surface area contributed by atoms with Crippen LogP contribution in [0, 0.1) is 5.82 Å². The van der Waals surface area contributed by atoms with Crippen molar-refractivity contribution in [3.63, 3.8) is 0 Å². The van der Waals surface area contributed by atoms with Crippen molar-refractivity contribution in [2.45, 2.75) is 19.3 Å². The molecule has 0 spiro atoms. The molecule has 1 saturated heterocycles.